The van der Waals surface area contributed by atoms with Crippen LogP contribution >= 0.6 is 0 Å². The van der Waals surface area contributed by atoms with Crippen LogP contribution in [-0.4, -0.2) is 28.0 Å². The van der Waals surface area contributed by atoms with Crippen molar-refractivity contribution in [2.24, 2.45) is 0 Å². The monoisotopic (exact) mass is 427 g/mol. The van der Waals surface area contributed by atoms with Crippen molar-refractivity contribution in [3.8, 4) is 23.1 Å². The van der Waals surface area contributed by atoms with E-state index >= 15 is 0 Å². The molecule has 0 radical (unpaired) electrons. The van der Waals surface area contributed by atoms with Crippen LogP contribution in [0.4, 0.5) is 0 Å². The predicted octanol–water partition coefficient (Wildman–Crippen LogP) is 6.10. The van der Waals surface area contributed by atoms with Crippen molar-refractivity contribution in [3.05, 3.63) is 101 Å². The van der Waals surface area contributed by atoms with Gasteiger partial charge in [0, 0.05) is 46.7 Å². The molecule has 33 heavy (non-hydrogen) atoms. The van der Waals surface area contributed by atoms with E-state index in [0.29, 0.717) is 0 Å². The smallest absolute Gasteiger partial charge is 0.0731 e. The summed E-state index contributed by atoms with van der Waals surface area (Å²) in [7, 11) is 0. The van der Waals surface area contributed by atoms with Crippen LogP contribution in [0.3, 0.4) is 0 Å². The Kier molecular flexibility index (Phi) is 4.94. The fraction of sp³-hybridized carbons (Fsp3) is 0.167. The standard InChI is InChI=1S/C30H25N3/c1-21-8-11-29-26(17-21)27(19-31-29)30-13-10-24-18-22(9-12-28(24)32-30)5-4-15-33-16-14-23-6-2-3-7-25(23)20-33/h2-3,6-13,17-19,31H,14-16,20H2,1H3. The molecule has 0 fully saturated rings. The number of nitrogens with zero attached hydrogens (tertiary/aromatic N) is 2. The minimum Gasteiger partial charge on any atom is -0.360 e. The SMILES string of the molecule is Cc1ccc2[nH]cc(-c3ccc4cc(C#CCN5CCc6ccccc6C5)ccc4n3)c2c1. The van der Waals surface area contributed by atoms with Gasteiger partial charge in [0.15, 0.2) is 0 Å². The molecule has 0 atom stereocenters. The molecule has 3 aromatic carbocycles. The lowest BCUT2D eigenvalue weighted by atomic mass is 10.00. The first-order chi connectivity index (χ1) is 16.2. The van der Waals surface area contributed by atoms with Crippen LogP contribution in [0.2, 0.25) is 0 Å². The number of aryl methyl sites for hydroxylation is 1. The van der Waals surface area contributed by atoms with E-state index in [1.54, 1.807) is 0 Å². The molecule has 0 saturated heterocycles. The van der Waals surface area contributed by atoms with Gasteiger partial charge in [0.05, 0.1) is 17.8 Å². The predicted molar refractivity (Wildman–Crippen MR) is 136 cm³/mol. The van der Waals surface area contributed by atoms with Crippen molar-refractivity contribution < 1.29 is 0 Å². The zero-order chi connectivity index (χ0) is 22.2. The Morgan fingerprint density at radius 2 is 1.88 bits per heavy atom. The van der Waals surface area contributed by atoms with Gasteiger partial charge in [-0.3, -0.25) is 4.90 Å². The van der Waals surface area contributed by atoms with Crippen molar-refractivity contribution in [3.63, 3.8) is 0 Å². The number of rotatable bonds is 2. The maximum atomic E-state index is 4.94. The molecule has 3 heterocycles. The average molecular weight is 428 g/mol. The molecule has 0 amide bonds. The number of benzene rings is 3. The van der Waals surface area contributed by atoms with Crippen LogP contribution < -0.4 is 0 Å². The number of H-pyrrole nitrogens is 1. The van der Waals surface area contributed by atoms with E-state index in [-0.39, 0.29) is 0 Å². The summed E-state index contributed by atoms with van der Waals surface area (Å²) in [5.41, 5.74) is 9.46. The van der Waals surface area contributed by atoms with Crippen molar-refractivity contribution in [2.75, 3.05) is 13.1 Å². The molecule has 0 unspecified atom stereocenters. The summed E-state index contributed by atoms with van der Waals surface area (Å²) >= 11 is 0. The van der Waals surface area contributed by atoms with E-state index in [0.717, 1.165) is 59.3 Å². The minimum atomic E-state index is 0.795. The molecule has 6 rings (SSSR count). The Morgan fingerprint density at radius 1 is 0.970 bits per heavy atom. The van der Waals surface area contributed by atoms with Crippen molar-refractivity contribution >= 4 is 21.8 Å². The quantitative estimate of drug-likeness (QED) is 0.345. The van der Waals surface area contributed by atoms with Crippen LogP contribution in [0.5, 0.6) is 0 Å². The van der Waals surface area contributed by atoms with Crippen molar-refractivity contribution in [1.82, 2.24) is 14.9 Å². The first-order valence-corrected chi connectivity index (χ1v) is 11.5. The first-order valence-electron chi connectivity index (χ1n) is 11.5. The maximum Gasteiger partial charge on any atom is 0.0731 e. The van der Waals surface area contributed by atoms with Gasteiger partial charge in [-0.05, 0) is 60.9 Å². The van der Waals surface area contributed by atoms with Gasteiger partial charge in [-0.2, -0.15) is 0 Å². The fourth-order valence-electron chi connectivity index (χ4n) is 4.74. The number of aromatic amines is 1. The van der Waals surface area contributed by atoms with Crippen molar-refractivity contribution in [1.29, 1.82) is 0 Å². The van der Waals surface area contributed by atoms with Crippen LogP contribution in [0.1, 0.15) is 22.3 Å². The lowest BCUT2D eigenvalue weighted by Gasteiger charge is -2.26. The Balaban J connectivity index is 1.22. The molecule has 0 aliphatic carbocycles. The largest absolute Gasteiger partial charge is 0.360 e. The Bertz CT molecular complexity index is 1550. The molecule has 2 aromatic heterocycles. The maximum absolute atomic E-state index is 4.94. The normalized spacial score (nSPS) is 13.6. The Hall–Kier alpha value is -3.87. The molecule has 1 N–H and O–H groups in total. The van der Waals surface area contributed by atoms with Crippen LogP contribution in [-0.2, 0) is 13.0 Å². The molecule has 3 nitrogen and oxygen atoms in total. The molecular formula is C30H25N3. The summed E-state index contributed by atoms with van der Waals surface area (Å²) in [5, 5.41) is 2.33. The summed E-state index contributed by atoms with van der Waals surface area (Å²) in [4.78, 5) is 10.7. The van der Waals surface area contributed by atoms with Gasteiger partial charge in [0.2, 0.25) is 0 Å². The molecule has 3 heteroatoms. The topological polar surface area (TPSA) is 31.9 Å². The summed E-state index contributed by atoms with van der Waals surface area (Å²) in [6.07, 6.45) is 3.16. The van der Waals surface area contributed by atoms with Crippen LogP contribution in [0.15, 0.2) is 79.0 Å². The highest BCUT2D eigenvalue weighted by molar-refractivity contribution is 5.96. The molecule has 160 valence electrons. The summed E-state index contributed by atoms with van der Waals surface area (Å²) in [6.45, 7) is 4.98. The van der Waals surface area contributed by atoms with Crippen LogP contribution in [0.25, 0.3) is 33.1 Å². The summed E-state index contributed by atoms with van der Waals surface area (Å²) < 4.78 is 0. The van der Waals surface area contributed by atoms with Gasteiger partial charge in [0.1, 0.15) is 0 Å². The third-order valence-electron chi connectivity index (χ3n) is 6.55. The van der Waals surface area contributed by atoms with Gasteiger partial charge in [-0.1, -0.05) is 53.8 Å². The molecule has 0 spiro atoms. The van der Waals surface area contributed by atoms with E-state index in [1.807, 2.05) is 0 Å². The molecular weight excluding hydrogens is 402 g/mol. The highest BCUT2D eigenvalue weighted by Gasteiger charge is 2.14. The highest BCUT2D eigenvalue weighted by Crippen LogP contribution is 2.29. The Labute approximate surface area is 194 Å². The van der Waals surface area contributed by atoms with E-state index in [1.165, 1.54) is 22.1 Å². The minimum absolute atomic E-state index is 0.795. The number of hydrogen-bond acceptors (Lipinski definition) is 2. The zero-order valence-corrected chi connectivity index (χ0v) is 18.7. The molecule has 1 aliphatic heterocycles. The molecule has 5 aromatic rings. The second-order valence-corrected chi connectivity index (χ2v) is 8.89. The third-order valence-corrected chi connectivity index (χ3v) is 6.55. The van der Waals surface area contributed by atoms with Gasteiger partial charge in [-0.15, -0.1) is 0 Å². The van der Waals surface area contributed by atoms with Gasteiger partial charge in [0.25, 0.3) is 0 Å². The average Bonchev–Trinajstić information content (AvgIpc) is 3.26. The summed E-state index contributed by atoms with van der Waals surface area (Å²) in [6, 6.07) is 25.8. The van der Waals surface area contributed by atoms with E-state index in [9.17, 15) is 0 Å². The lowest BCUT2D eigenvalue weighted by molar-refractivity contribution is 0.286. The van der Waals surface area contributed by atoms with E-state index in [2.05, 4.69) is 108 Å². The van der Waals surface area contributed by atoms with E-state index < -0.39 is 0 Å². The number of nitrogens with one attached hydrogen (secondary N) is 1. The van der Waals surface area contributed by atoms with Gasteiger partial charge >= 0.3 is 0 Å². The number of hydrogen-bond donors (Lipinski definition) is 1. The molecule has 0 bridgehead atoms. The number of pyridine rings is 1. The highest BCUT2D eigenvalue weighted by atomic mass is 15.1. The molecule has 0 saturated carbocycles. The third kappa shape index (κ3) is 3.91. The second-order valence-electron chi connectivity index (χ2n) is 8.89. The van der Waals surface area contributed by atoms with Crippen LogP contribution in [0, 0.1) is 18.8 Å². The van der Waals surface area contributed by atoms with Crippen molar-refractivity contribution in [2.45, 2.75) is 19.9 Å². The molecule has 1 aliphatic rings. The number of fused-ring (bicyclic) bond motifs is 3. The Morgan fingerprint density at radius 3 is 2.82 bits per heavy atom. The zero-order valence-electron chi connectivity index (χ0n) is 18.7. The fourth-order valence-corrected chi connectivity index (χ4v) is 4.74. The first kappa shape index (κ1) is 19.8. The number of aromatic nitrogens is 2. The van der Waals surface area contributed by atoms with Gasteiger partial charge < -0.3 is 4.98 Å². The lowest BCUT2D eigenvalue weighted by Crippen LogP contribution is -2.30. The second kappa shape index (κ2) is 8.24. The summed E-state index contributed by atoms with van der Waals surface area (Å²) in [5.74, 6) is 6.73. The van der Waals surface area contributed by atoms with Gasteiger partial charge in [-0.25, -0.2) is 4.98 Å². The van der Waals surface area contributed by atoms with E-state index in [4.69, 9.17) is 4.98 Å².